The number of halogens is 2. The van der Waals surface area contributed by atoms with Crippen LogP contribution >= 0.6 is 0 Å². The van der Waals surface area contributed by atoms with Gasteiger partial charge in [0.15, 0.2) is 17.4 Å². The van der Waals surface area contributed by atoms with Crippen molar-refractivity contribution in [3.63, 3.8) is 0 Å². The van der Waals surface area contributed by atoms with Crippen molar-refractivity contribution in [1.29, 1.82) is 0 Å². The highest BCUT2D eigenvalue weighted by molar-refractivity contribution is 5.33. The summed E-state index contributed by atoms with van der Waals surface area (Å²) in [5.74, 6) is -0.183. The largest absolute Gasteiger partial charge is 0.488 e. The highest BCUT2D eigenvalue weighted by Crippen LogP contribution is 2.39. The Morgan fingerprint density at radius 2 is 1.46 bits per heavy atom. The van der Waals surface area contributed by atoms with Crippen LogP contribution in [-0.2, 0) is 0 Å². The fraction of sp³-hybridized carbons (Fsp3) is 0.739. The summed E-state index contributed by atoms with van der Waals surface area (Å²) in [4.78, 5) is 0. The molecule has 0 bridgehead atoms. The van der Waals surface area contributed by atoms with E-state index in [1.807, 2.05) is 0 Å². The number of hydrogen-bond acceptors (Lipinski definition) is 1. The Hall–Kier alpha value is -1.12. The van der Waals surface area contributed by atoms with Crippen molar-refractivity contribution in [2.45, 2.75) is 96.8 Å². The van der Waals surface area contributed by atoms with Crippen LogP contribution < -0.4 is 4.74 Å². The molecule has 1 saturated carbocycles. The predicted molar refractivity (Wildman–Crippen MR) is 105 cm³/mol. The first kappa shape index (κ1) is 21.2. The van der Waals surface area contributed by atoms with Crippen molar-refractivity contribution >= 4 is 0 Å². The van der Waals surface area contributed by atoms with E-state index in [1.165, 1.54) is 50.7 Å². The summed E-state index contributed by atoms with van der Waals surface area (Å²) in [5, 5.41) is 0. The van der Waals surface area contributed by atoms with Gasteiger partial charge < -0.3 is 4.74 Å². The van der Waals surface area contributed by atoms with Gasteiger partial charge in [0.05, 0.1) is 6.61 Å². The molecule has 26 heavy (non-hydrogen) atoms. The van der Waals surface area contributed by atoms with Gasteiger partial charge in [-0.25, -0.2) is 8.78 Å². The topological polar surface area (TPSA) is 9.23 Å². The minimum Gasteiger partial charge on any atom is -0.488 e. The maximum Gasteiger partial charge on any atom is 0.190 e. The Balaban J connectivity index is 1.85. The van der Waals surface area contributed by atoms with E-state index in [0.717, 1.165) is 50.0 Å². The van der Waals surface area contributed by atoms with Gasteiger partial charge in [-0.3, -0.25) is 0 Å². The molecule has 1 aliphatic carbocycles. The van der Waals surface area contributed by atoms with E-state index in [2.05, 4.69) is 13.8 Å². The van der Waals surface area contributed by atoms with Crippen molar-refractivity contribution in [1.82, 2.24) is 0 Å². The van der Waals surface area contributed by atoms with Crippen molar-refractivity contribution in [2.24, 2.45) is 5.92 Å². The molecule has 0 saturated heterocycles. The third kappa shape index (κ3) is 6.55. The molecule has 0 unspecified atom stereocenters. The fourth-order valence-corrected chi connectivity index (χ4v) is 4.12. The maximum absolute atomic E-state index is 14.4. The maximum atomic E-state index is 14.4. The molecule has 0 heterocycles. The van der Waals surface area contributed by atoms with Gasteiger partial charge in [-0.2, -0.15) is 0 Å². The van der Waals surface area contributed by atoms with Crippen molar-refractivity contribution in [3.8, 4) is 5.75 Å². The van der Waals surface area contributed by atoms with Crippen LogP contribution in [0.1, 0.15) is 102 Å². The van der Waals surface area contributed by atoms with E-state index in [4.69, 9.17) is 4.74 Å². The number of hydrogen-bond donors (Lipinski definition) is 0. The molecule has 148 valence electrons. The molecule has 0 aliphatic heterocycles. The van der Waals surface area contributed by atoms with E-state index < -0.39 is 11.6 Å². The Morgan fingerprint density at radius 1 is 0.846 bits per heavy atom. The predicted octanol–water partition coefficient (Wildman–Crippen LogP) is 7.78. The van der Waals surface area contributed by atoms with Crippen LogP contribution in [0.15, 0.2) is 12.1 Å². The van der Waals surface area contributed by atoms with Crippen LogP contribution in [0.2, 0.25) is 0 Å². The Labute approximate surface area is 158 Å². The first-order valence-corrected chi connectivity index (χ1v) is 10.8. The van der Waals surface area contributed by atoms with E-state index >= 15 is 0 Å². The summed E-state index contributed by atoms with van der Waals surface area (Å²) < 4.78 is 34.1. The molecule has 1 nitrogen and oxygen atoms in total. The summed E-state index contributed by atoms with van der Waals surface area (Å²) in [6.45, 7) is 4.76. The SMILES string of the molecule is CCCCCCOc1c(F)cc([C@H]2CC[C@H](CCCCC)CC2)cc1F. The van der Waals surface area contributed by atoms with Crippen LogP contribution in [0.5, 0.6) is 5.75 Å². The zero-order valence-electron chi connectivity index (χ0n) is 16.7. The van der Waals surface area contributed by atoms with Crippen molar-refractivity contribution < 1.29 is 13.5 Å². The molecule has 0 aromatic heterocycles. The molecule has 3 heteroatoms. The molecule has 0 N–H and O–H groups in total. The third-order valence-corrected chi connectivity index (χ3v) is 5.80. The van der Waals surface area contributed by atoms with Gasteiger partial charge in [0.1, 0.15) is 0 Å². The monoisotopic (exact) mass is 366 g/mol. The highest BCUT2D eigenvalue weighted by Gasteiger charge is 2.24. The number of ether oxygens (including phenoxy) is 1. The van der Waals surface area contributed by atoms with E-state index in [-0.39, 0.29) is 5.75 Å². The minimum atomic E-state index is -0.541. The highest BCUT2D eigenvalue weighted by atomic mass is 19.1. The second-order valence-corrected chi connectivity index (χ2v) is 7.94. The second kappa shape index (κ2) is 11.6. The molecule has 1 aliphatic rings. The lowest BCUT2D eigenvalue weighted by atomic mass is 9.77. The summed E-state index contributed by atoms with van der Waals surface area (Å²) >= 11 is 0. The van der Waals surface area contributed by atoms with Gasteiger partial charge >= 0.3 is 0 Å². The molecular weight excluding hydrogens is 330 g/mol. The molecule has 2 rings (SSSR count). The van der Waals surface area contributed by atoms with Gasteiger partial charge in [-0.15, -0.1) is 0 Å². The van der Waals surface area contributed by atoms with Crippen molar-refractivity contribution in [2.75, 3.05) is 6.61 Å². The zero-order chi connectivity index (χ0) is 18.8. The average Bonchev–Trinajstić information content (AvgIpc) is 2.64. The van der Waals surface area contributed by atoms with Crippen LogP contribution in [0.25, 0.3) is 0 Å². The Morgan fingerprint density at radius 3 is 2.08 bits per heavy atom. The second-order valence-electron chi connectivity index (χ2n) is 7.94. The van der Waals surface area contributed by atoms with Gasteiger partial charge in [0.2, 0.25) is 0 Å². The van der Waals surface area contributed by atoms with Crippen LogP contribution in [0, 0.1) is 17.6 Å². The van der Waals surface area contributed by atoms with Crippen LogP contribution in [-0.4, -0.2) is 6.61 Å². The molecule has 0 amide bonds. The first-order chi connectivity index (χ1) is 12.7. The number of benzene rings is 1. The van der Waals surface area contributed by atoms with Gasteiger partial charge in [-0.05, 0) is 61.6 Å². The normalized spacial score (nSPS) is 20.3. The third-order valence-electron chi connectivity index (χ3n) is 5.80. The lowest BCUT2D eigenvalue weighted by molar-refractivity contribution is 0.273. The fourth-order valence-electron chi connectivity index (χ4n) is 4.12. The molecule has 1 fully saturated rings. The molecule has 0 atom stereocenters. The molecule has 1 aromatic rings. The smallest absolute Gasteiger partial charge is 0.190 e. The lowest BCUT2D eigenvalue weighted by Crippen LogP contribution is -2.14. The quantitative estimate of drug-likeness (QED) is 0.363. The van der Waals surface area contributed by atoms with E-state index in [1.54, 1.807) is 0 Å². The van der Waals surface area contributed by atoms with Gasteiger partial charge in [-0.1, -0.05) is 58.8 Å². The minimum absolute atomic E-state index is 0.196. The van der Waals surface area contributed by atoms with Gasteiger partial charge in [0, 0.05) is 0 Å². The Kier molecular flexibility index (Phi) is 9.42. The Bertz CT molecular complexity index is 498. The first-order valence-electron chi connectivity index (χ1n) is 10.8. The zero-order valence-corrected chi connectivity index (χ0v) is 16.7. The number of unbranched alkanes of at least 4 members (excludes halogenated alkanes) is 5. The lowest BCUT2D eigenvalue weighted by Gasteiger charge is -2.29. The van der Waals surface area contributed by atoms with E-state index in [9.17, 15) is 8.78 Å². The summed E-state index contributed by atoms with van der Waals surface area (Å²) in [6.07, 6.45) is 13.8. The standard InChI is InChI=1S/C23H36F2O/c1-3-5-7-9-15-26-23-21(24)16-20(17-22(23)25)19-13-11-18(12-14-19)10-8-6-4-2/h16-19H,3-15H2,1-2H3/t18-,19-. The molecule has 0 spiro atoms. The average molecular weight is 367 g/mol. The van der Waals surface area contributed by atoms with Crippen molar-refractivity contribution in [3.05, 3.63) is 29.3 Å². The molecule has 0 radical (unpaired) electrons. The number of rotatable bonds is 11. The summed E-state index contributed by atoms with van der Waals surface area (Å²) in [5.41, 5.74) is 0.811. The molecule has 1 aromatic carbocycles. The summed E-state index contributed by atoms with van der Waals surface area (Å²) in [6, 6.07) is 3.01. The van der Waals surface area contributed by atoms with E-state index in [0.29, 0.717) is 12.5 Å². The summed E-state index contributed by atoms with van der Waals surface area (Å²) in [7, 11) is 0. The molecular formula is C23H36F2O. The van der Waals surface area contributed by atoms with Crippen LogP contribution in [0.4, 0.5) is 8.78 Å². The van der Waals surface area contributed by atoms with Crippen LogP contribution in [0.3, 0.4) is 0 Å². The van der Waals surface area contributed by atoms with Gasteiger partial charge in [0.25, 0.3) is 0 Å².